The Balaban J connectivity index is 1.13. The molecule has 0 atom stereocenters. The van der Waals surface area contributed by atoms with Gasteiger partial charge in [-0.25, -0.2) is 9.78 Å². The Morgan fingerprint density at radius 1 is 1.03 bits per heavy atom. The van der Waals surface area contributed by atoms with E-state index in [2.05, 4.69) is 29.3 Å². The lowest BCUT2D eigenvalue weighted by molar-refractivity contribution is 0.0253. The van der Waals surface area contributed by atoms with Crippen molar-refractivity contribution in [1.82, 2.24) is 29.3 Å². The van der Waals surface area contributed by atoms with Gasteiger partial charge in [-0.2, -0.15) is 4.98 Å². The van der Waals surface area contributed by atoms with Crippen molar-refractivity contribution in [3.05, 3.63) is 65.0 Å². The molecule has 2 aliphatic heterocycles. The number of halogens is 1. The van der Waals surface area contributed by atoms with E-state index in [1.165, 1.54) is 5.69 Å². The molecule has 5 rings (SSSR count). The number of anilines is 1. The van der Waals surface area contributed by atoms with Gasteiger partial charge in [-0.1, -0.05) is 23.7 Å². The van der Waals surface area contributed by atoms with E-state index < -0.39 is 5.60 Å². The highest BCUT2D eigenvalue weighted by molar-refractivity contribution is 6.30. The zero-order chi connectivity index (χ0) is 27.4. The van der Waals surface area contributed by atoms with E-state index in [1.54, 1.807) is 17.3 Å². The molecule has 208 valence electrons. The second kappa shape index (κ2) is 11.8. The van der Waals surface area contributed by atoms with E-state index >= 15 is 0 Å². The summed E-state index contributed by atoms with van der Waals surface area (Å²) in [5.41, 5.74) is 1.67. The van der Waals surface area contributed by atoms with Gasteiger partial charge in [0.1, 0.15) is 18.0 Å². The van der Waals surface area contributed by atoms with E-state index in [1.807, 2.05) is 51.2 Å². The molecule has 0 bridgehead atoms. The number of carbonyl (C=O) groups excluding carboxylic acids is 1. The zero-order valence-corrected chi connectivity index (χ0v) is 23.6. The van der Waals surface area contributed by atoms with Crippen LogP contribution < -0.4 is 9.64 Å². The van der Waals surface area contributed by atoms with Crippen LogP contribution in [0.1, 0.15) is 37.9 Å². The van der Waals surface area contributed by atoms with Crippen LogP contribution in [0, 0.1) is 0 Å². The number of benzene rings is 1. The molecule has 1 aromatic carbocycles. The van der Waals surface area contributed by atoms with E-state index in [4.69, 9.17) is 21.1 Å². The fraction of sp³-hybridized carbons (Fsp3) is 0.500. The second-order valence-corrected chi connectivity index (χ2v) is 11.4. The molecule has 3 aromatic rings. The van der Waals surface area contributed by atoms with E-state index in [9.17, 15) is 4.79 Å². The molecule has 0 radical (unpaired) electrons. The maximum atomic E-state index is 12.6. The Bertz CT molecular complexity index is 1280. The number of amides is 1. The van der Waals surface area contributed by atoms with Crippen molar-refractivity contribution < 1.29 is 14.3 Å². The molecule has 0 N–H and O–H groups in total. The van der Waals surface area contributed by atoms with Crippen molar-refractivity contribution in [2.45, 2.75) is 52.5 Å². The van der Waals surface area contributed by atoms with Crippen LogP contribution >= 0.6 is 11.6 Å². The number of hydrogen-bond acceptors (Lipinski definition) is 8. The number of carbonyl (C=O) groups is 1. The average molecular weight is 554 g/mol. The summed E-state index contributed by atoms with van der Waals surface area (Å²) in [7, 11) is 0. The van der Waals surface area contributed by atoms with E-state index in [0.717, 1.165) is 62.9 Å². The van der Waals surface area contributed by atoms with Crippen LogP contribution in [0.3, 0.4) is 0 Å². The molecule has 10 nitrogen and oxygen atoms in total. The van der Waals surface area contributed by atoms with Crippen molar-refractivity contribution >= 4 is 23.5 Å². The Morgan fingerprint density at radius 2 is 1.85 bits per heavy atom. The predicted octanol–water partition coefficient (Wildman–Crippen LogP) is 4.02. The third-order valence-corrected chi connectivity index (χ3v) is 7.06. The molecule has 1 amide bonds. The molecule has 4 heterocycles. The number of imidazole rings is 1. The van der Waals surface area contributed by atoms with Crippen molar-refractivity contribution in [3.8, 4) is 5.88 Å². The summed E-state index contributed by atoms with van der Waals surface area (Å²) >= 11 is 6.07. The van der Waals surface area contributed by atoms with Gasteiger partial charge < -0.3 is 23.8 Å². The largest absolute Gasteiger partial charge is 0.472 e. The van der Waals surface area contributed by atoms with Crippen LogP contribution in [0.25, 0.3) is 0 Å². The fourth-order valence-electron chi connectivity index (χ4n) is 4.84. The van der Waals surface area contributed by atoms with Crippen molar-refractivity contribution in [1.29, 1.82) is 0 Å². The maximum Gasteiger partial charge on any atom is 0.410 e. The van der Waals surface area contributed by atoms with Crippen LogP contribution in [0.2, 0.25) is 5.02 Å². The summed E-state index contributed by atoms with van der Waals surface area (Å²) in [6, 6.07) is 7.60. The van der Waals surface area contributed by atoms with Gasteiger partial charge in [-0.15, -0.1) is 0 Å². The minimum absolute atomic E-state index is 0.257. The van der Waals surface area contributed by atoms with Gasteiger partial charge in [0.2, 0.25) is 5.88 Å². The average Bonchev–Trinajstić information content (AvgIpc) is 3.14. The number of fused-ring (bicyclic) bond motifs is 1. The molecule has 39 heavy (non-hydrogen) atoms. The van der Waals surface area contributed by atoms with Gasteiger partial charge in [-0.05, 0) is 38.5 Å². The highest BCUT2D eigenvalue weighted by atomic mass is 35.5. The van der Waals surface area contributed by atoms with Crippen LogP contribution in [-0.4, -0.2) is 80.3 Å². The molecule has 11 heteroatoms. The standard InChI is InChI=1S/C28H36ClN7O3/c1-28(2,3)39-27(37)35-8-7-24-31-16-23(36(24)14-13-35)19-33-9-11-34(12-10-33)25-17-30-18-26(32-25)38-20-21-5-4-6-22(29)15-21/h4-6,15-18H,7-14,19-20H2,1-3H3. The predicted molar refractivity (Wildman–Crippen MR) is 149 cm³/mol. The SMILES string of the molecule is CC(C)(C)OC(=O)N1CCc2ncc(CN3CCN(c4cncc(OCc5cccc(Cl)c5)n4)CC3)n2CC1. The van der Waals surface area contributed by atoms with Crippen LogP contribution in [0.15, 0.2) is 42.9 Å². The lowest BCUT2D eigenvalue weighted by atomic mass is 10.2. The molecule has 0 spiro atoms. The first-order chi connectivity index (χ1) is 18.7. The van der Waals surface area contributed by atoms with E-state index in [-0.39, 0.29) is 6.09 Å². The molecule has 0 unspecified atom stereocenters. The number of nitrogens with zero attached hydrogens (tertiary/aromatic N) is 7. The first kappa shape index (κ1) is 27.2. The lowest BCUT2D eigenvalue weighted by Crippen LogP contribution is -2.46. The summed E-state index contributed by atoms with van der Waals surface area (Å²) in [6.07, 6.45) is 5.88. The minimum atomic E-state index is -0.499. The third-order valence-electron chi connectivity index (χ3n) is 6.83. The smallest absolute Gasteiger partial charge is 0.410 e. The minimum Gasteiger partial charge on any atom is -0.472 e. The van der Waals surface area contributed by atoms with Gasteiger partial charge in [-0.3, -0.25) is 9.88 Å². The molecular weight excluding hydrogens is 518 g/mol. The summed E-state index contributed by atoms with van der Waals surface area (Å²) < 4.78 is 13.7. The summed E-state index contributed by atoms with van der Waals surface area (Å²) in [4.78, 5) is 32.7. The van der Waals surface area contributed by atoms with Crippen LogP contribution in [0.5, 0.6) is 5.88 Å². The van der Waals surface area contributed by atoms with Gasteiger partial charge in [0, 0.05) is 70.0 Å². The number of rotatable bonds is 6. The second-order valence-electron chi connectivity index (χ2n) is 10.9. The quantitative estimate of drug-likeness (QED) is 0.452. The molecule has 0 aliphatic carbocycles. The highest BCUT2D eigenvalue weighted by Gasteiger charge is 2.26. The van der Waals surface area contributed by atoms with Crippen molar-refractivity contribution in [2.24, 2.45) is 0 Å². The Hall–Kier alpha value is -3.37. The molecule has 1 fully saturated rings. The van der Waals surface area contributed by atoms with E-state index in [0.29, 0.717) is 30.6 Å². The number of aromatic nitrogens is 4. The zero-order valence-electron chi connectivity index (χ0n) is 22.8. The summed E-state index contributed by atoms with van der Waals surface area (Å²) in [5.74, 6) is 2.34. The van der Waals surface area contributed by atoms with Gasteiger partial charge >= 0.3 is 6.09 Å². The van der Waals surface area contributed by atoms with Crippen molar-refractivity contribution in [2.75, 3.05) is 44.2 Å². The number of hydrogen-bond donors (Lipinski definition) is 0. The topological polar surface area (TPSA) is 88.8 Å². The van der Waals surface area contributed by atoms with Crippen LogP contribution in [-0.2, 0) is 30.9 Å². The number of piperazine rings is 1. The normalized spacial score (nSPS) is 16.5. The third kappa shape index (κ3) is 7.19. The molecule has 2 aromatic heterocycles. The molecular formula is C28H36ClN7O3. The molecule has 2 aliphatic rings. The van der Waals surface area contributed by atoms with Crippen molar-refractivity contribution in [3.63, 3.8) is 0 Å². The fourth-order valence-corrected chi connectivity index (χ4v) is 5.05. The lowest BCUT2D eigenvalue weighted by Gasteiger charge is -2.35. The first-order valence-corrected chi connectivity index (χ1v) is 13.8. The summed E-state index contributed by atoms with van der Waals surface area (Å²) in [6.45, 7) is 12.3. The monoisotopic (exact) mass is 553 g/mol. The Morgan fingerprint density at radius 3 is 2.62 bits per heavy atom. The van der Waals surface area contributed by atoms with Gasteiger partial charge in [0.25, 0.3) is 0 Å². The number of ether oxygens (including phenoxy) is 2. The van der Waals surface area contributed by atoms with Gasteiger partial charge in [0.05, 0.1) is 18.1 Å². The Labute approximate surface area is 234 Å². The Kier molecular flexibility index (Phi) is 8.23. The molecule has 0 saturated carbocycles. The van der Waals surface area contributed by atoms with Crippen LogP contribution in [0.4, 0.5) is 10.6 Å². The highest BCUT2D eigenvalue weighted by Crippen LogP contribution is 2.20. The van der Waals surface area contributed by atoms with Gasteiger partial charge in [0.15, 0.2) is 5.82 Å². The molecule has 1 saturated heterocycles. The first-order valence-electron chi connectivity index (χ1n) is 13.4. The maximum absolute atomic E-state index is 12.6. The summed E-state index contributed by atoms with van der Waals surface area (Å²) in [5, 5.41) is 0.684.